The van der Waals surface area contributed by atoms with E-state index in [1.54, 1.807) is 8.93 Å². The molecule has 0 saturated heterocycles. The summed E-state index contributed by atoms with van der Waals surface area (Å²) in [5.74, 6) is 1.33. The first-order chi connectivity index (χ1) is 10.2. The van der Waals surface area contributed by atoms with E-state index < -0.39 is 0 Å². The zero-order valence-corrected chi connectivity index (χ0v) is 15.3. The van der Waals surface area contributed by atoms with Gasteiger partial charge in [0.2, 0.25) is 0 Å². The largest absolute Gasteiger partial charge is 0.491 e. The van der Waals surface area contributed by atoms with Crippen molar-refractivity contribution in [3.05, 3.63) is 40.5 Å². The molecule has 0 radical (unpaired) electrons. The highest BCUT2D eigenvalue weighted by atomic mass is 127. The second kappa shape index (κ2) is 7.54. The number of esters is 1. The summed E-state index contributed by atoms with van der Waals surface area (Å²) in [6.45, 7) is 8.98. The summed E-state index contributed by atoms with van der Waals surface area (Å²) >= 11 is 2.24. The lowest BCUT2D eigenvalue weighted by atomic mass is 9.89. The van der Waals surface area contributed by atoms with Crippen molar-refractivity contribution in [2.24, 2.45) is 0 Å². The van der Waals surface area contributed by atoms with E-state index >= 15 is 0 Å². The fourth-order valence-electron chi connectivity index (χ4n) is 2.80. The van der Waals surface area contributed by atoms with Crippen LogP contribution in [0.1, 0.15) is 39.5 Å². The van der Waals surface area contributed by atoms with Crippen molar-refractivity contribution in [2.45, 2.75) is 33.3 Å². The van der Waals surface area contributed by atoms with Crippen LogP contribution in [0, 0.1) is 6.92 Å². The number of allylic oxidation sites excluding steroid dienone is 1. The quantitative estimate of drug-likeness (QED) is 0.284. The van der Waals surface area contributed by atoms with E-state index in [1.807, 2.05) is 6.08 Å². The summed E-state index contributed by atoms with van der Waals surface area (Å²) in [5, 5.41) is 0. The first kappa shape index (κ1) is 16.7. The fraction of sp³-hybridized carbons (Fsp3) is 0.438. The Bertz CT molecular complexity index is 569. The van der Waals surface area contributed by atoms with Crippen molar-refractivity contribution in [1.82, 2.24) is 0 Å². The third kappa shape index (κ3) is 3.23. The molecule has 114 valence electrons. The topological polar surface area (TPSA) is 35.5 Å². The number of hydrogen-bond donors (Lipinski definition) is 0. The number of cyclic esters (lactones) is 1. The van der Waals surface area contributed by atoms with Gasteiger partial charge in [-0.3, -0.25) is 0 Å². The van der Waals surface area contributed by atoms with Gasteiger partial charge in [-0.25, -0.2) is 4.79 Å². The van der Waals surface area contributed by atoms with Crippen molar-refractivity contribution in [1.29, 1.82) is 0 Å². The van der Waals surface area contributed by atoms with E-state index in [-0.39, 0.29) is 5.97 Å². The molecule has 21 heavy (non-hydrogen) atoms. The Balaban J connectivity index is 2.59. The first-order valence-corrected chi connectivity index (χ1v) is 10.5. The average molecular weight is 418 g/mol. The Morgan fingerprint density at radius 1 is 1.48 bits per heavy atom. The molecule has 0 unspecified atom stereocenters. The molecule has 5 heteroatoms. The zero-order chi connectivity index (χ0) is 15.4. The molecule has 1 heterocycles. The predicted molar refractivity (Wildman–Crippen MR) is 95.6 cm³/mol. The van der Waals surface area contributed by atoms with E-state index in [0.717, 1.165) is 28.9 Å². The van der Waals surface area contributed by atoms with Crippen molar-refractivity contribution in [2.75, 3.05) is 12.4 Å². The summed E-state index contributed by atoms with van der Waals surface area (Å²) in [5.41, 5.74) is 5.11. The van der Waals surface area contributed by atoms with E-state index in [0.29, 0.717) is 30.9 Å². The first-order valence-electron chi connectivity index (χ1n) is 6.97. The van der Waals surface area contributed by atoms with E-state index in [4.69, 9.17) is 9.47 Å². The minimum absolute atomic E-state index is 0.266. The number of halogens is 1. The van der Waals surface area contributed by atoms with Gasteiger partial charge in [0.1, 0.15) is 17.9 Å². The molecule has 3 nitrogen and oxygen atoms in total. The van der Waals surface area contributed by atoms with Crippen LogP contribution in [0.25, 0.3) is 0 Å². The van der Waals surface area contributed by atoms with Crippen LogP contribution in [0.5, 0.6) is 5.75 Å². The lowest BCUT2D eigenvalue weighted by Crippen LogP contribution is -2.11. The lowest BCUT2D eigenvalue weighted by molar-refractivity contribution is 0.0532. The van der Waals surface area contributed by atoms with Crippen LogP contribution in [-0.2, 0) is 24.2 Å². The van der Waals surface area contributed by atoms with Crippen molar-refractivity contribution in [3.8, 4) is 5.75 Å². The number of benzene rings is 1. The number of fused-ring (bicyclic) bond motifs is 1. The third-order valence-electron chi connectivity index (χ3n) is 3.73. The van der Waals surface area contributed by atoms with Crippen molar-refractivity contribution >= 4 is 36.1 Å². The van der Waals surface area contributed by atoms with Crippen LogP contribution < -0.4 is 4.74 Å². The maximum Gasteiger partial charge on any atom is 0.342 e. The molecule has 0 aromatic heterocycles. The Kier molecular flexibility index (Phi) is 5.98. The summed E-state index contributed by atoms with van der Waals surface area (Å²) < 4.78 is 11.2. The summed E-state index contributed by atoms with van der Waals surface area (Å²) in [4.78, 5) is 12.1. The smallest absolute Gasteiger partial charge is 0.342 e. The fourth-order valence-corrected chi connectivity index (χ4v) is 3.49. The Morgan fingerprint density at radius 3 is 2.86 bits per heavy atom. The van der Waals surface area contributed by atoms with Crippen LogP contribution in [0.15, 0.2) is 12.7 Å². The highest BCUT2D eigenvalue weighted by molar-refractivity contribution is 14.2. The number of carbonyl (C=O) groups excluding carboxylic acids is 1. The monoisotopic (exact) mass is 418 g/mol. The normalized spacial score (nSPS) is 13.0. The molecule has 0 aliphatic carbocycles. The SMILES string of the molecule is C=CCc1c(CC)c(C)c2c(c1OCCSI)C(=O)OC2. The van der Waals surface area contributed by atoms with Gasteiger partial charge < -0.3 is 9.47 Å². The lowest BCUT2D eigenvalue weighted by Gasteiger charge is -2.19. The molecule has 0 bridgehead atoms. The number of hydrogen-bond acceptors (Lipinski definition) is 4. The molecule has 0 fully saturated rings. The highest BCUT2D eigenvalue weighted by Crippen LogP contribution is 2.39. The number of carbonyl (C=O) groups is 1. The minimum Gasteiger partial charge on any atom is -0.491 e. The third-order valence-corrected chi connectivity index (χ3v) is 5.38. The molecule has 0 saturated carbocycles. The molecule has 1 aromatic carbocycles. The molecular weight excluding hydrogens is 399 g/mol. The van der Waals surface area contributed by atoms with E-state index in [1.165, 1.54) is 5.56 Å². The second-order valence-electron chi connectivity index (χ2n) is 4.85. The number of ether oxygens (including phenoxy) is 2. The molecular formula is C16H19IO3S. The van der Waals surface area contributed by atoms with E-state index in [9.17, 15) is 4.79 Å². The summed E-state index contributed by atoms with van der Waals surface area (Å²) in [7, 11) is 1.70. The van der Waals surface area contributed by atoms with Crippen LogP contribution in [0.4, 0.5) is 0 Å². The van der Waals surface area contributed by atoms with Gasteiger partial charge in [0.15, 0.2) is 0 Å². The predicted octanol–water partition coefficient (Wildman–Crippen LogP) is 4.42. The van der Waals surface area contributed by atoms with Gasteiger partial charge in [-0.05, 0) is 52.1 Å². The maximum absolute atomic E-state index is 12.1. The van der Waals surface area contributed by atoms with Crippen molar-refractivity contribution < 1.29 is 14.3 Å². The van der Waals surface area contributed by atoms with Gasteiger partial charge in [0.05, 0.1) is 6.61 Å². The zero-order valence-electron chi connectivity index (χ0n) is 12.3. The molecule has 0 spiro atoms. The highest BCUT2D eigenvalue weighted by Gasteiger charge is 2.31. The van der Waals surface area contributed by atoms with Crippen LogP contribution in [0.3, 0.4) is 0 Å². The van der Waals surface area contributed by atoms with Crippen molar-refractivity contribution in [3.63, 3.8) is 0 Å². The molecule has 0 atom stereocenters. The number of rotatable bonds is 7. The minimum atomic E-state index is -0.266. The van der Waals surface area contributed by atoms with Gasteiger partial charge in [-0.15, -0.1) is 6.58 Å². The molecule has 1 aliphatic heterocycles. The average Bonchev–Trinajstić information content (AvgIpc) is 2.85. The Labute approximate surface area is 142 Å². The van der Waals surface area contributed by atoms with Gasteiger partial charge in [-0.1, -0.05) is 21.9 Å². The molecule has 0 N–H and O–H groups in total. The van der Waals surface area contributed by atoms with Gasteiger partial charge in [0, 0.05) is 16.9 Å². The van der Waals surface area contributed by atoms with Crippen LogP contribution in [-0.4, -0.2) is 18.3 Å². The van der Waals surface area contributed by atoms with Gasteiger partial charge in [-0.2, -0.15) is 0 Å². The summed E-state index contributed by atoms with van der Waals surface area (Å²) in [6.07, 6.45) is 3.48. The van der Waals surface area contributed by atoms with Gasteiger partial charge >= 0.3 is 5.97 Å². The van der Waals surface area contributed by atoms with Crippen LogP contribution in [0.2, 0.25) is 0 Å². The maximum atomic E-state index is 12.1. The standard InChI is InChI=1S/C16H19IO3S/c1-4-6-12-11(5-2)10(3)13-9-20-16(18)14(13)15(12)19-7-8-21-17/h4H,1,5-9H2,2-3H3. The van der Waals surface area contributed by atoms with Gasteiger partial charge in [0.25, 0.3) is 0 Å². The molecule has 1 aromatic rings. The Morgan fingerprint density at radius 2 is 2.24 bits per heavy atom. The molecule has 0 amide bonds. The molecule has 2 rings (SSSR count). The Hall–Kier alpha value is -0.690. The summed E-state index contributed by atoms with van der Waals surface area (Å²) in [6, 6.07) is 0. The molecule has 1 aliphatic rings. The van der Waals surface area contributed by atoms with E-state index in [2.05, 4.69) is 41.6 Å². The second-order valence-corrected chi connectivity index (χ2v) is 7.34. The van der Waals surface area contributed by atoms with Crippen LogP contribution >= 0.6 is 30.1 Å².